The van der Waals surface area contributed by atoms with Crippen molar-refractivity contribution in [2.75, 3.05) is 13.2 Å². The second-order valence-corrected chi connectivity index (χ2v) is 22.3. The summed E-state index contributed by atoms with van der Waals surface area (Å²) in [4.78, 5) is 38.3. The number of esters is 3. The Labute approximate surface area is 484 Å². The lowest BCUT2D eigenvalue weighted by Crippen LogP contribution is -2.30. The molecule has 0 aromatic heterocycles. The van der Waals surface area contributed by atoms with E-state index in [0.29, 0.717) is 19.3 Å². The van der Waals surface area contributed by atoms with Crippen LogP contribution in [0.2, 0.25) is 0 Å². The van der Waals surface area contributed by atoms with Gasteiger partial charge in [-0.25, -0.2) is 0 Å². The van der Waals surface area contributed by atoms with Crippen LogP contribution in [0.4, 0.5) is 0 Å². The lowest BCUT2D eigenvalue weighted by molar-refractivity contribution is -0.167. The van der Waals surface area contributed by atoms with Crippen molar-refractivity contribution >= 4 is 17.9 Å². The zero-order valence-corrected chi connectivity index (χ0v) is 51.7. The molecule has 0 aliphatic carbocycles. The Hall–Kier alpha value is -3.41. The van der Waals surface area contributed by atoms with E-state index in [1.54, 1.807) is 0 Å². The fourth-order valence-electron chi connectivity index (χ4n) is 9.58. The number of hydrogen-bond acceptors (Lipinski definition) is 6. The van der Waals surface area contributed by atoms with Gasteiger partial charge in [0.25, 0.3) is 0 Å². The minimum atomic E-state index is -0.782. The van der Waals surface area contributed by atoms with Crippen LogP contribution in [0.15, 0.2) is 85.1 Å². The first-order valence-corrected chi connectivity index (χ1v) is 33.6. The highest BCUT2D eigenvalue weighted by Gasteiger charge is 2.19. The lowest BCUT2D eigenvalue weighted by atomic mass is 10.0. The van der Waals surface area contributed by atoms with Gasteiger partial charge in [0.05, 0.1) is 0 Å². The molecule has 0 heterocycles. The van der Waals surface area contributed by atoms with Gasteiger partial charge >= 0.3 is 17.9 Å². The van der Waals surface area contributed by atoms with Gasteiger partial charge in [0.15, 0.2) is 6.10 Å². The van der Waals surface area contributed by atoms with E-state index in [1.807, 2.05) is 0 Å². The highest BCUT2D eigenvalue weighted by Crippen LogP contribution is 2.17. The maximum absolute atomic E-state index is 12.9. The number of hydrogen-bond donors (Lipinski definition) is 0. The summed E-state index contributed by atoms with van der Waals surface area (Å²) in [6.45, 7) is 6.51. The quantitative estimate of drug-likeness (QED) is 0.0261. The molecule has 6 nitrogen and oxygen atoms in total. The molecule has 1 unspecified atom stereocenters. The number of ether oxygens (including phenoxy) is 3. The molecular weight excluding hydrogens is 961 g/mol. The molecule has 0 fully saturated rings. The van der Waals surface area contributed by atoms with Gasteiger partial charge in [-0.15, -0.1) is 0 Å². The van der Waals surface area contributed by atoms with Gasteiger partial charge in [0.2, 0.25) is 0 Å². The van der Waals surface area contributed by atoms with Crippen molar-refractivity contribution in [1.29, 1.82) is 0 Å². The van der Waals surface area contributed by atoms with Gasteiger partial charge in [-0.05, 0) is 116 Å². The van der Waals surface area contributed by atoms with E-state index in [2.05, 4.69) is 106 Å². The van der Waals surface area contributed by atoms with Crippen molar-refractivity contribution in [2.45, 2.75) is 341 Å². The maximum atomic E-state index is 12.9. The zero-order chi connectivity index (χ0) is 56.4. The highest BCUT2D eigenvalue weighted by atomic mass is 16.6. The smallest absolute Gasteiger partial charge is 0.306 e. The molecule has 0 saturated carbocycles. The number of allylic oxidation sites excluding steroid dienone is 14. The van der Waals surface area contributed by atoms with Gasteiger partial charge in [0, 0.05) is 19.3 Å². The van der Waals surface area contributed by atoms with E-state index in [4.69, 9.17) is 14.2 Å². The molecule has 0 aromatic carbocycles. The largest absolute Gasteiger partial charge is 0.462 e. The summed E-state index contributed by atoms with van der Waals surface area (Å²) in [6, 6.07) is 0. The summed E-state index contributed by atoms with van der Waals surface area (Å²) in [7, 11) is 0. The molecule has 0 aromatic rings. The second-order valence-electron chi connectivity index (χ2n) is 22.3. The van der Waals surface area contributed by atoms with Crippen LogP contribution in [-0.2, 0) is 28.6 Å². The van der Waals surface area contributed by atoms with Crippen molar-refractivity contribution in [3.8, 4) is 0 Å². The predicted molar refractivity (Wildman–Crippen MR) is 339 cm³/mol. The third-order valence-electron chi connectivity index (χ3n) is 14.6. The molecule has 0 spiro atoms. The Bertz CT molecular complexity index is 1480. The van der Waals surface area contributed by atoms with Gasteiger partial charge in [-0.1, -0.05) is 286 Å². The molecule has 0 aliphatic heterocycles. The van der Waals surface area contributed by atoms with E-state index in [-0.39, 0.29) is 31.1 Å². The molecule has 0 bridgehead atoms. The Morgan fingerprint density at radius 1 is 0.269 bits per heavy atom. The number of rotatable bonds is 61. The summed E-state index contributed by atoms with van der Waals surface area (Å²) in [5, 5.41) is 0. The number of carbonyl (C=O) groups excluding carboxylic acids is 3. The third-order valence-corrected chi connectivity index (χ3v) is 14.6. The monoisotopic (exact) mass is 1090 g/mol. The van der Waals surface area contributed by atoms with Crippen LogP contribution in [-0.4, -0.2) is 37.2 Å². The molecule has 6 heteroatoms. The van der Waals surface area contributed by atoms with Crippen LogP contribution in [0.1, 0.15) is 335 Å². The molecule has 78 heavy (non-hydrogen) atoms. The minimum Gasteiger partial charge on any atom is -0.462 e. The second kappa shape index (κ2) is 66.1. The average molecular weight is 1090 g/mol. The molecular formula is C72H126O6. The van der Waals surface area contributed by atoms with Crippen molar-refractivity contribution < 1.29 is 28.6 Å². The SMILES string of the molecule is CC/C=C\C/C=C\C/C=C\C/C=C\C/C=C\CCCCCCCCCCCCCCCCCCCC(=O)OCC(COC(=O)CCCCCCC/C=C\CCCCC)OC(=O)CCCCCCC/C=C\CCCCCCCC. The predicted octanol–water partition coefficient (Wildman–Crippen LogP) is 23.1. The van der Waals surface area contributed by atoms with Gasteiger partial charge in [-0.2, -0.15) is 0 Å². The lowest BCUT2D eigenvalue weighted by Gasteiger charge is -2.18. The molecule has 1 atom stereocenters. The molecule has 0 rings (SSSR count). The first-order valence-electron chi connectivity index (χ1n) is 33.6. The normalized spacial score (nSPS) is 12.6. The molecule has 0 aliphatic rings. The molecule has 0 saturated heterocycles. The molecule has 0 amide bonds. The van der Waals surface area contributed by atoms with Crippen molar-refractivity contribution in [3.05, 3.63) is 85.1 Å². The van der Waals surface area contributed by atoms with Crippen LogP contribution < -0.4 is 0 Å². The van der Waals surface area contributed by atoms with Crippen LogP contribution in [0.5, 0.6) is 0 Å². The first-order chi connectivity index (χ1) is 38.5. The summed E-state index contributed by atoms with van der Waals surface area (Å²) in [5.74, 6) is -0.882. The Balaban J connectivity index is 4.13. The summed E-state index contributed by atoms with van der Waals surface area (Å²) >= 11 is 0. The van der Waals surface area contributed by atoms with E-state index >= 15 is 0 Å². The number of unbranched alkanes of at least 4 members (excludes halogenated alkanes) is 36. The standard InChI is InChI=1S/C72H126O6/c1-4-7-10-13-16-19-22-25-27-28-29-30-31-32-33-34-35-36-37-38-39-40-41-42-43-44-46-47-50-53-56-59-62-65-71(74)77-68-69(67-76-70(73)64-61-58-55-52-49-24-21-18-15-12-9-6-3)78-72(75)66-63-60-57-54-51-48-45-26-23-20-17-14-11-8-5-2/h7,10,16,18-19,21,25-27,29-30,32-33,45,69H,4-6,8-9,11-15,17,20,22-24,28,31,34-44,46-68H2,1-3H3/b10-7-,19-16-,21-18-,27-25-,30-29-,33-32-,45-26-. The third kappa shape index (κ3) is 63.4. The molecule has 0 N–H and O–H groups in total. The highest BCUT2D eigenvalue weighted by molar-refractivity contribution is 5.71. The van der Waals surface area contributed by atoms with E-state index in [9.17, 15) is 14.4 Å². The van der Waals surface area contributed by atoms with Crippen LogP contribution in [0, 0.1) is 0 Å². The van der Waals surface area contributed by atoms with E-state index in [1.165, 1.54) is 186 Å². The topological polar surface area (TPSA) is 78.9 Å². The van der Waals surface area contributed by atoms with Crippen molar-refractivity contribution in [3.63, 3.8) is 0 Å². The fourth-order valence-corrected chi connectivity index (χ4v) is 9.58. The number of carbonyl (C=O) groups is 3. The Morgan fingerprint density at radius 2 is 0.500 bits per heavy atom. The average Bonchev–Trinajstić information content (AvgIpc) is 3.44. The first kappa shape index (κ1) is 74.6. The maximum Gasteiger partial charge on any atom is 0.306 e. The summed E-state index contributed by atoms with van der Waals surface area (Å²) in [6.07, 6.45) is 87.5. The fraction of sp³-hybridized carbons (Fsp3) is 0.764. The van der Waals surface area contributed by atoms with Gasteiger partial charge < -0.3 is 14.2 Å². The molecule has 0 radical (unpaired) electrons. The van der Waals surface area contributed by atoms with E-state index < -0.39 is 6.10 Å². The van der Waals surface area contributed by atoms with Crippen LogP contribution in [0.25, 0.3) is 0 Å². The minimum absolute atomic E-state index is 0.0786. The van der Waals surface area contributed by atoms with E-state index in [0.717, 1.165) is 109 Å². The van der Waals surface area contributed by atoms with Gasteiger partial charge in [0.1, 0.15) is 13.2 Å². The summed E-state index contributed by atoms with van der Waals surface area (Å²) in [5.41, 5.74) is 0. The summed E-state index contributed by atoms with van der Waals surface area (Å²) < 4.78 is 16.9. The Kier molecular flexibility index (Phi) is 63.2. The van der Waals surface area contributed by atoms with Crippen LogP contribution >= 0.6 is 0 Å². The van der Waals surface area contributed by atoms with Crippen LogP contribution in [0.3, 0.4) is 0 Å². The van der Waals surface area contributed by atoms with Crippen molar-refractivity contribution in [1.82, 2.24) is 0 Å². The van der Waals surface area contributed by atoms with Gasteiger partial charge in [-0.3, -0.25) is 14.4 Å². The zero-order valence-electron chi connectivity index (χ0n) is 51.7. The molecule has 450 valence electrons. The van der Waals surface area contributed by atoms with Crippen molar-refractivity contribution in [2.24, 2.45) is 0 Å². The Morgan fingerprint density at radius 3 is 0.821 bits per heavy atom.